The highest BCUT2D eigenvalue weighted by molar-refractivity contribution is 6.30. The normalized spacial score (nSPS) is 10.6. The van der Waals surface area contributed by atoms with E-state index in [0.29, 0.717) is 5.15 Å². The summed E-state index contributed by atoms with van der Waals surface area (Å²) in [7, 11) is 0. The van der Waals surface area contributed by atoms with E-state index < -0.39 is 0 Å². The Balaban J connectivity index is 1.97. The molecule has 106 valence electrons. The summed E-state index contributed by atoms with van der Waals surface area (Å²) in [6, 6.07) is 7.87. The highest BCUT2D eigenvalue weighted by Crippen LogP contribution is 2.21. The van der Waals surface area contributed by atoms with Crippen molar-refractivity contribution in [2.24, 2.45) is 0 Å². The minimum absolute atomic E-state index is 0.538. The zero-order valence-electron chi connectivity index (χ0n) is 11.4. The van der Waals surface area contributed by atoms with Gasteiger partial charge in [0.1, 0.15) is 17.3 Å². The summed E-state index contributed by atoms with van der Waals surface area (Å²) in [6.45, 7) is 2.91. The number of hydrogen-bond donors (Lipinski definition) is 1. The molecule has 0 saturated carbocycles. The van der Waals surface area contributed by atoms with Gasteiger partial charge in [0.2, 0.25) is 0 Å². The van der Waals surface area contributed by atoms with Gasteiger partial charge in [-0.05, 0) is 30.5 Å². The van der Waals surface area contributed by atoms with Crippen LogP contribution in [0.1, 0.15) is 24.5 Å². The lowest BCUT2D eigenvalue weighted by Crippen LogP contribution is -2.09. The maximum Gasteiger partial charge on any atom is 0.137 e. The number of nitrogens with zero attached hydrogens (tertiary/aromatic N) is 2. The fraction of sp³-hybridized carbons (Fsp3) is 0.333. The fourth-order valence-corrected chi connectivity index (χ4v) is 2.34. The van der Waals surface area contributed by atoms with Gasteiger partial charge in [0, 0.05) is 17.1 Å². The second-order valence-electron chi connectivity index (χ2n) is 4.54. The zero-order chi connectivity index (χ0) is 14.4. The van der Waals surface area contributed by atoms with Gasteiger partial charge in [-0.1, -0.05) is 48.7 Å². The molecule has 0 spiro atoms. The topological polar surface area (TPSA) is 37.8 Å². The average molecular weight is 310 g/mol. The highest BCUT2D eigenvalue weighted by atomic mass is 35.5. The zero-order valence-corrected chi connectivity index (χ0v) is 12.9. The lowest BCUT2D eigenvalue weighted by molar-refractivity contribution is 0.893. The quantitative estimate of drug-likeness (QED) is 0.804. The third-order valence-corrected chi connectivity index (χ3v) is 3.59. The summed E-state index contributed by atoms with van der Waals surface area (Å²) in [4.78, 5) is 8.31. The minimum Gasteiger partial charge on any atom is -0.369 e. The molecule has 1 aromatic carbocycles. The third kappa shape index (κ3) is 4.09. The highest BCUT2D eigenvalue weighted by Gasteiger charge is 2.08. The van der Waals surface area contributed by atoms with E-state index in [4.69, 9.17) is 23.2 Å². The molecule has 0 fully saturated rings. The maximum absolute atomic E-state index is 6.12. The fourth-order valence-electron chi connectivity index (χ4n) is 1.99. The van der Waals surface area contributed by atoms with Crippen LogP contribution in [0.15, 0.2) is 30.6 Å². The van der Waals surface area contributed by atoms with Crippen LogP contribution in [0, 0.1) is 0 Å². The van der Waals surface area contributed by atoms with Gasteiger partial charge in [-0.2, -0.15) is 0 Å². The maximum atomic E-state index is 6.12. The molecule has 0 amide bonds. The van der Waals surface area contributed by atoms with E-state index in [1.165, 1.54) is 11.9 Å². The Labute approximate surface area is 129 Å². The van der Waals surface area contributed by atoms with Gasteiger partial charge in [-0.25, -0.2) is 9.97 Å². The average Bonchev–Trinajstić information content (AvgIpc) is 2.45. The number of anilines is 1. The van der Waals surface area contributed by atoms with Crippen molar-refractivity contribution in [2.75, 3.05) is 11.9 Å². The van der Waals surface area contributed by atoms with Gasteiger partial charge in [-0.3, -0.25) is 0 Å². The van der Waals surface area contributed by atoms with Crippen molar-refractivity contribution >= 4 is 29.0 Å². The van der Waals surface area contributed by atoms with Crippen molar-refractivity contribution in [3.05, 3.63) is 51.9 Å². The molecule has 1 heterocycles. The van der Waals surface area contributed by atoms with E-state index in [-0.39, 0.29) is 0 Å². The molecule has 0 aliphatic heterocycles. The van der Waals surface area contributed by atoms with Crippen LogP contribution in [0.3, 0.4) is 0 Å². The monoisotopic (exact) mass is 309 g/mol. The Morgan fingerprint density at radius 2 is 1.80 bits per heavy atom. The number of hydrogen-bond acceptors (Lipinski definition) is 3. The van der Waals surface area contributed by atoms with Crippen molar-refractivity contribution in [3.63, 3.8) is 0 Å². The Morgan fingerprint density at radius 1 is 1.05 bits per heavy atom. The predicted octanol–water partition coefficient (Wildman–Crippen LogP) is 4.39. The summed E-state index contributed by atoms with van der Waals surface area (Å²) < 4.78 is 0. The van der Waals surface area contributed by atoms with E-state index in [1.54, 1.807) is 0 Å². The molecule has 20 heavy (non-hydrogen) atoms. The first kappa shape index (κ1) is 15.1. The SMILES string of the molecule is CCCc1c(Cl)ncnc1NCCc1ccc(Cl)cc1. The Bertz CT molecular complexity index is 556. The Hall–Kier alpha value is -1.32. The molecule has 2 rings (SSSR count). The number of nitrogens with one attached hydrogen (secondary N) is 1. The molecule has 1 N–H and O–H groups in total. The molecule has 5 heteroatoms. The van der Waals surface area contributed by atoms with Crippen molar-refractivity contribution in [1.82, 2.24) is 9.97 Å². The van der Waals surface area contributed by atoms with Crippen LogP contribution >= 0.6 is 23.2 Å². The van der Waals surface area contributed by atoms with E-state index >= 15 is 0 Å². The first-order valence-electron chi connectivity index (χ1n) is 6.68. The van der Waals surface area contributed by atoms with Crippen LogP contribution in [0.5, 0.6) is 0 Å². The largest absolute Gasteiger partial charge is 0.369 e. The first-order chi connectivity index (χ1) is 9.70. The van der Waals surface area contributed by atoms with Crippen LogP contribution < -0.4 is 5.32 Å². The van der Waals surface area contributed by atoms with Gasteiger partial charge in [0.05, 0.1) is 0 Å². The molecule has 0 saturated heterocycles. The van der Waals surface area contributed by atoms with Gasteiger partial charge < -0.3 is 5.32 Å². The summed E-state index contributed by atoms with van der Waals surface area (Å²) in [6.07, 6.45) is 4.29. The van der Waals surface area contributed by atoms with Gasteiger partial charge >= 0.3 is 0 Å². The van der Waals surface area contributed by atoms with Crippen molar-refractivity contribution < 1.29 is 0 Å². The first-order valence-corrected chi connectivity index (χ1v) is 7.44. The predicted molar refractivity (Wildman–Crippen MR) is 84.7 cm³/mol. The van der Waals surface area contributed by atoms with Crippen LogP contribution in [0.4, 0.5) is 5.82 Å². The van der Waals surface area contributed by atoms with E-state index in [2.05, 4.69) is 22.2 Å². The van der Waals surface area contributed by atoms with Crippen LogP contribution in [-0.4, -0.2) is 16.5 Å². The number of aromatic nitrogens is 2. The van der Waals surface area contributed by atoms with E-state index in [9.17, 15) is 0 Å². The third-order valence-electron chi connectivity index (χ3n) is 3.01. The van der Waals surface area contributed by atoms with Gasteiger partial charge in [0.15, 0.2) is 0 Å². The van der Waals surface area contributed by atoms with Crippen molar-refractivity contribution in [3.8, 4) is 0 Å². The molecule has 0 aliphatic rings. The molecule has 0 aliphatic carbocycles. The second kappa shape index (κ2) is 7.46. The lowest BCUT2D eigenvalue weighted by Gasteiger charge is -2.11. The Kier molecular flexibility index (Phi) is 5.62. The number of rotatable bonds is 6. The number of benzene rings is 1. The molecule has 0 unspecified atom stereocenters. The summed E-state index contributed by atoms with van der Waals surface area (Å²) in [5.74, 6) is 0.834. The molecule has 0 bridgehead atoms. The molecule has 1 aromatic heterocycles. The second-order valence-corrected chi connectivity index (χ2v) is 5.34. The Morgan fingerprint density at radius 3 is 2.50 bits per heavy atom. The molecule has 2 aromatic rings. The van der Waals surface area contributed by atoms with E-state index in [0.717, 1.165) is 42.2 Å². The number of halogens is 2. The molecular weight excluding hydrogens is 293 g/mol. The molecule has 0 radical (unpaired) electrons. The van der Waals surface area contributed by atoms with E-state index in [1.807, 2.05) is 24.3 Å². The molecule has 3 nitrogen and oxygen atoms in total. The van der Waals surface area contributed by atoms with Crippen molar-refractivity contribution in [2.45, 2.75) is 26.2 Å². The van der Waals surface area contributed by atoms with Crippen LogP contribution in [0.2, 0.25) is 10.2 Å². The smallest absolute Gasteiger partial charge is 0.137 e. The standard InChI is InChI=1S/C15H17Cl2N3/c1-2-3-13-14(17)19-10-20-15(13)18-9-8-11-4-6-12(16)7-5-11/h4-7,10H,2-3,8-9H2,1H3,(H,18,19,20). The lowest BCUT2D eigenvalue weighted by atomic mass is 10.1. The van der Waals surface area contributed by atoms with Gasteiger partial charge in [-0.15, -0.1) is 0 Å². The minimum atomic E-state index is 0.538. The van der Waals surface area contributed by atoms with Crippen molar-refractivity contribution in [1.29, 1.82) is 0 Å². The van der Waals surface area contributed by atoms with Gasteiger partial charge in [0.25, 0.3) is 0 Å². The summed E-state index contributed by atoms with van der Waals surface area (Å²) >= 11 is 12.0. The van der Waals surface area contributed by atoms with Crippen LogP contribution in [-0.2, 0) is 12.8 Å². The molecular formula is C15H17Cl2N3. The summed E-state index contributed by atoms with van der Waals surface area (Å²) in [5, 5.41) is 4.63. The van der Waals surface area contributed by atoms with Crippen LogP contribution in [0.25, 0.3) is 0 Å². The molecule has 0 atom stereocenters. The summed E-state index contributed by atoms with van der Waals surface area (Å²) in [5.41, 5.74) is 2.23.